The predicted molar refractivity (Wildman–Crippen MR) is 152 cm³/mol. The van der Waals surface area contributed by atoms with Gasteiger partial charge in [-0.3, -0.25) is 9.69 Å². The second kappa shape index (κ2) is 10.2. The Labute approximate surface area is 226 Å². The molecule has 3 aromatic carbocycles. The molecule has 1 saturated heterocycles. The Morgan fingerprint density at radius 1 is 1.00 bits per heavy atom. The minimum absolute atomic E-state index is 0.0129. The highest BCUT2D eigenvalue weighted by atomic mass is 79.9. The number of ether oxygens (including phenoxy) is 1. The van der Waals surface area contributed by atoms with Gasteiger partial charge in [-0.2, -0.15) is 0 Å². The van der Waals surface area contributed by atoms with Crippen LogP contribution in [0.3, 0.4) is 0 Å². The van der Waals surface area contributed by atoms with Gasteiger partial charge < -0.3 is 9.84 Å². The SMILES string of the molecule is COc1cc(C=C2SC(=Nc3cccc(C)c3C)N(c3cccc(C)c3C)C2=O)c(Br)c(Br)c1O. The number of amidine groups is 1. The number of carbonyl (C=O) groups excluding carboxylic acids is 1. The molecular formula is C27H24Br2N2O3S. The third-order valence-corrected chi connectivity index (χ3v) is 9.22. The van der Waals surface area contributed by atoms with Crippen molar-refractivity contribution in [3.05, 3.63) is 84.1 Å². The summed E-state index contributed by atoms with van der Waals surface area (Å²) in [4.78, 5) is 20.9. The summed E-state index contributed by atoms with van der Waals surface area (Å²) in [6, 6.07) is 13.6. The molecule has 1 heterocycles. The molecule has 1 aliphatic rings. The Kier molecular flexibility index (Phi) is 7.45. The van der Waals surface area contributed by atoms with E-state index >= 15 is 0 Å². The van der Waals surface area contributed by atoms with E-state index in [1.165, 1.54) is 18.9 Å². The molecule has 35 heavy (non-hydrogen) atoms. The van der Waals surface area contributed by atoms with Gasteiger partial charge in [-0.1, -0.05) is 24.3 Å². The van der Waals surface area contributed by atoms with Gasteiger partial charge in [0.05, 0.1) is 27.9 Å². The van der Waals surface area contributed by atoms with Crippen molar-refractivity contribution in [1.82, 2.24) is 0 Å². The number of rotatable bonds is 4. The minimum Gasteiger partial charge on any atom is -0.503 e. The van der Waals surface area contributed by atoms with Crippen LogP contribution in [0.15, 0.2) is 61.3 Å². The highest BCUT2D eigenvalue weighted by molar-refractivity contribution is 9.13. The Morgan fingerprint density at radius 3 is 2.34 bits per heavy atom. The summed E-state index contributed by atoms with van der Waals surface area (Å²) in [5.74, 6) is 0.127. The molecular weight excluding hydrogens is 592 g/mol. The van der Waals surface area contributed by atoms with Gasteiger partial charge in [0.15, 0.2) is 16.7 Å². The summed E-state index contributed by atoms with van der Waals surface area (Å²) < 4.78 is 6.37. The van der Waals surface area contributed by atoms with Crippen LogP contribution in [0.4, 0.5) is 11.4 Å². The molecule has 0 saturated carbocycles. The first-order valence-electron chi connectivity index (χ1n) is 10.8. The quantitative estimate of drug-likeness (QED) is 0.302. The summed E-state index contributed by atoms with van der Waals surface area (Å²) in [6.07, 6.45) is 1.79. The largest absolute Gasteiger partial charge is 0.503 e. The van der Waals surface area contributed by atoms with Gasteiger partial charge in [0, 0.05) is 4.47 Å². The lowest BCUT2D eigenvalue weighted by Gasteiger charge is -2.19. The Balaban J connectivity index is 1.89. The summed E-state index contributed by atoms with van der Waals surface area (Å²) in [6.45, 7) is 8.13. The number of phenolic OH excluding ortho intramolecular Hbond substituents is 1. The van der Waals surface area contributed by atoms with Gasteiger partial charge in [0.2, 0.25) is 0 Å². The maximum absolute atomic E-state index is 13.8. The number of benzene rings is 3. The van der Waals surface area contributed by atoms with Crippen molar-refractivity contribution in [2.45, 2.75) is 27.7 Å². The fourth-order valence-electron chi connectivity index (χ4n) is 3.71. The summed E-state index contributed by atoms with van der Waals surface area (Å²) in [5, 5.41) is 10.9. The van der Waals surface area contributed by atoms with Crippen molar-refractivity contribution < 1.29 is 14.6 Å². The van der Waals surface area contributed by atoms with Crippen molar-refractivity contribution in [1.29, 1.82) is 0 Å². The Bertz CT molecular complexity index is 1420. The number of aliphatic imine (C=N–C) groups is 1. The van der Waals surface area contributed by atoms with Gasteiger partial charge in [-0.25, -0.2) is 4.99 Å². The van der Waals surface area contributed by atoms with Gasteiger partial charge in [-0.15, -0.1) is 0 Å². The number of hydrogen-bond donors (Lipinski definition) is 1. The molecule has 0 atom stereocenters. The Morgan fingerprint density at radius 2 is 1.66 bits per heavy atom. The normalized spacial score (nSPS) is 16.0. The number of carbonyl (C=O) groups is 1. The van der Waals surface area contributed by atoms with Crippen LogP contribution in [0.1, 0.15) is 27.8 Å². The van der Waals surface area contributed by atoms with E-state index in [2.05, 4.69) is 31.9 Å². The number of aryl methyl sites for hydroxylation is 2. The molecule has 4 rings (SSSR count). The summed E-state index contributed by atoms with van der Waals surface area (Å²) in [5.41, 5.74) is 6.65. The number of methoxy groups -OCH3 is 1. The fraction of sp³-hybridized carbons (Fsp3) is 0.185. The molecule has 1 aliphatic heterocycles. The first-order chi connectivity index (χ1) is 16.6. The van der Waals surface area contributed by atoms with E-state index in [0.29, 0.717) is 30.3 Å². The highest BCUT2D eigenvalue weighted by Gasteiger charge is 2.36. The van der Waals surface area contributed by atoms with Crippen LogP contribution >= 0.6 is 43.6 Å². The number of phenols is 1. The number of thioether (sulfide) groups is 1. The molecule has 3 aromatic rings. The fourth-order valence-corrected chi connectivity index (χ4v) is 5.53. The Hall–Kier alpha value is -2.55. The molecule has 0 spiro atoms. The molecule has 0 aromatic heterocycles. The van der Waals surface area contributed by atoms with E-state index in [1.807, 2.05) is 64.1 Å². The number of hydrogen-bond acceptors (Lipinski definition) is 5. The zero-order valence-electron chi connectivity index (χ0n) is 19.9. The molecule has 0 radical (unpaired) electrons. The average Bonchev–Trinajstić information content (AvgIpc) is 3.13. The number of aromatic hydroxyl groups is 1. The summed E-state index contributed by atoms with van der Waals surface area (Å²) >= 11 is 8.23. The van der Waals surface area contributed by atoms with Crippen LogP contribution < -0.4 is 9.64 Å². The molecule has 1 fully saturated rings. The topological polar surface area (TPSA) is 62.1 Å². The smallest absolute Gasteiger partial charge is 0.271 e. The number of amides is 1. The van der Waals surface area contributed by atoms with Gasteiger partial charge in [-0.05, 0) is 123 Å². The molecule has 0 unspecified atom stereocenters. The van der Waals surface area contributed by atoms with Crippen molar-refractivity contribution >= 4 is 72.1 Å². The number of anilines is 1. The van der Waals surface area contributed by atoms with Crippen molar-refractivity contribution in [3.63, 3.8) is 0 Å². The zero-order valence-corrected chi connectivity index (χ0v) is 23.9. The van der Waals surface area contributed by atoms with Gasteiger partial charge in [0.1, 0.15) is 0 Å². The average molecular weight is 616 g/mol. The monoisotopic (exact) mass is 614 g/mol. The first kappa shape index (κ1) is 25.5. The van der Waals surface area contributed by atoms with E-state index in [-0.39, 0.29) is 11.7 Å². The lowest BCUT2D eigenvalue weighted by atomic mass is 10.1. The van der Waals surface area contributed by atoms with Crippen LogP contribution in [-0.2, 0) is 4.79 Å². The number of halogens is 2. The molecule has 1 amide bonds. The molecule has 8 heteroatoms. The van der Waals surface area contributed by atoms with E-state index in [9.17, 15) is 9.90 Å². The van der Waals surface area contributed by atoms with Crippen molar-refractivity contribution in [3.8, 4) is 11.5 Å². The van der Waals surface area contributed by atoms with Crippen LogP contribution in [-0.4, -0.2) is 23.3 Å². The maximum Gasteiger partial charge on any atom is 0.271 e. The third-order valence-electron chi connectivity index (χ3n) is 6.10. The molecule has 0 bridgehead atoms. The molecule has 1 N–H and O–H groups in total. The lowest BCUT2D eigenvalue weighted by Crippen LogP contribution is -2.29. The predicted octanol–water partition coefficient (Wildman–Crippen LogP) is 7.97. The van der Waals surface area contributed by atoms with Crippen LogP contribution in [0.25, 0.3) is 6.08 Å². The molecule has 0 aliphatic carbocycles. The molecule has 180 valence electrons. The van der Waals surface area contributed by atoms with Crippen LogP contribution in [0.2, 0.25) is 0 Å². The van der Waals surface area contributed by atoms with E-state index in [0.717, 1.165) is 33.6 Å². The summed E-state index contributed by atoms with van der Waals surface area (Å²) in [7, 11) is 1.49. The van der Waals surface area contributed by atoms with Gasteiger partial charge >= 0.3 is 0 Å². The lowest BCUT2D eigenvalue weighted by molar-refractivity contribution is -0.113. The standard InChI is InChI=1S/C27H24Br2N2O3S/c1-14-8-6-10-19(16(14)3)30-27-31(20-11-7-9-15(2)17(20)4)26(33)22(35-27)13-18-12-21(34-5)25(32)24(29)23(18)28/h6-13,32H,1-5H3. The van der Waals surface area contributed by atoms with Crippen molar-refractivity contribution in [2.24, 2.45) is 4.99 Å². The van der Waals surface area contributed by atoms with Crippen LogP contribution in [0.5, 0.6) is 11.5 Å². The zero-order chi connectivity index (χ0) is 25.4. The maximum atomic E-state index is 13.8. The van der Waals surface area contributed by atoms with Gasteiger partial charge in [0.25, 0.3) is 5.91 Å². The van der Waals surface area contributed by atoms with Crippen molar-refractivity contribution in [2.75, 3.05) is 12.0 Å². The van der Waals surface area contributed by atoms with E-state index in [4.69, 9.17) is 9.73 Å². The van der Waals surface area contributed by atoms with E-state index < -0.39 is 0 Å². The third kappa shape index (κ3) is 4.79. The second-order valence-corrected chi connectivity index (χ2v) is 10.8. The number of nitrogens with zero attached hydrogens (tertiary/aromatic N) is 2. The minimum atomic E-state index is -0.164. The second-order valence-electron chi connectivity index (χ2n) is 8.23. The van der Waals surface area contributed by atoms with E-state index in [1.54, 1.807) is 17.0 Å². The first-order valence-corrected chi connectivity index (χ1v) is 13.2. The highest BCUT2D eigenvalue weighted by Crippen LogP contribution is 2.45. The van der Waals surface area contributed by atoms with Crippen LogP contribution in [0, 0.1) is 27.7 Å². The molecule has 5 nitrogen and oxygen atoms in total.